The summed E-state index contributed by atoms with van der Waals surface area (Å²) in [5.41, 5.74) is 19.3. The standard InChI is InChI=1S/C25H34N6O6/c26-5-6-29-24(36)19-10-16-8-14(2-4-22(16)34)13-1-3-21(33)15(7-13)9-18(28)23(35)30-20(25(37)31-19)11-17(32)12-27/h1-4,7-8,17-20,32-34H,5-6,9-12,26-28H2,(H,29,36)(H,30,35)(H,31,37)/t17-,18+,19+,20+/m1/s1. The van der Waals surface area contributed by atoms with Crippen molar-refractivity contribution in [2.45, 2.75) is 43.5 Å². The van der Waals surface area contributed by atoms with Gasteiger partial charge in [-0.3, -0.25) is 14.4 Å². The monoisotopic (exact) mass is 514 g/mol. The minimum atomic E-state index is -1.26. The zero-order valence-corrected chi connectivity index (χ0v) is 20.3. The molecule has 3 rings (SSSR count). The Kier molecular flexibility index (Phi) is 9.42. The molecule has 2 aromatic carbocycles. The van der Waals surface area contributed by atoms with Gasteiger partial charge in [-0.2, -0.15) is 0 Å². The number of carbonyl (C=O) groups excluding carboxylic acids is 3. The van der Waals surface area contributed by atoms with Crippen LogP contribution in [0.1, 0.15) is 17.5 Å². The number of carbonyl (C=O) groups is 3. The molecule has 0 unspecified atom stereocenters. The molecule has 2 aromatic rings. The second-order valence-corrected chi connectivity index (χ2v) is 9.03. The van der Waals surface area contributed by atoms with Crippen LogP contribution in [0.3, 0.4) is 0 Å². The summed E-state index contributed by atoms with van der Waals surface area (Å²) in [5, 5.41) is 38.7. The number of hydrogen-bond donors (Lipinski definition) is 9. The minimum absolute atomic E-state index is 0.0334. The average Bonchev–Trinajstić information content (AvgIpc) is 2.88. The van der Waals surface area contributed by atoms with Crippen LogP contribution in [0.5, 0.6) is 11.5 Å². The molecule has 4 bridgehead atoms. The van der Waals surface area contributed by atoms with Crippen molar-refractivity contribution in [3.8, 4) is 22.6 Å². The predicted octanol–water partition coefficient (Wildman–Crippen LogP) is -2.06. The fourth-order valence-corrected chi connectivity index (χ4v) is 4.09. The zero-order chi connectivity index (χ0) is 27.1. The summed E-state index contributed by atoms with van der Waals surface area (Å²) in [6.07, 6.45) is -1.44. The highest BCUT2D eigenvalue weighted by Gasteiger charge is 2.30. The molecule has 0 aromatic heterocycles. The number of nitrogens with two attached hydrogens (primary N) is 3. The lowest BCUT2D eigenvalue weighted by molar-refractivity contribution is -0.133. The third kappa shape index (κ3) is 7.17. The molecular formula is C25H34N6O6. The highest BCUT2D eigenvalue weighted by atomic mass is 16.3. The van der Waals surface area contributed by atoms with Gasteiger partial charge in [0, 0.05) is 38.9 Å². The number of aliphatic hydroxyl groups is 1. The molecule has 0 fully saturated rings. The van der Waals surface area contributed by atoms with Crippen LogP contribution in [-0.4, -0.2) is 76.9 Å². The highest BCUT2D eigenvalue weighted by molar-refractivity contribution is 5.93. The maximum atomic E-state index is 13.2. The van der Waals surface area contributed by atoms with Gasteiger partial charge < -0.3 is 48.5 Å². The Balaban J connectivity index is 2.09. The van der Waals surface area contributed by atoms with Crippen molar-refractivity contribution in [2.75, 3.05) is 19.6 Å². The first-order valence-electron chi connectivity index (χ1n) is 12.0. The van der Waals surface area contributed by atoms with E-state index in [1.165, 1.54) is 12.1 Å². The van der Waals surface area contributed by atoms with Crippen molar-refractivity contribution >= 4 is 17.7 Å². The molecule has 0 radical (unpaired) electrons. The fraction of sp³-hybridized carbons (Fsp3) is 0.400. The van der Waals surface area contributed by atoms with Gasteiger partial charge in [0.1, 0.15) is 23.6 Å². The van der Waals surface area contributed by atoms with Gasteiger partial charge in [0.2, 0.25) is 17.7 Å². The van der Waals surface area contributed by atoms with Crippen molar-refractivity contribution < 1.29 is 29.7 Å². The summed E-state index contributed by atoms with van der Waals surface area (Å²) in [7, 11) is 0. The van der Waals surface area contributed by atoms with Gasteiger partial charge >= 0.3 is 0 Å². The highest BCUT2D eigenvalue weighted by Crippen LogP contribution is 2.30. The molecule has 12 N–H and O–H groups in total. The van der Waals surface area contributed by atoms with Crippen molar-refractivity contribution in [2.24, 2.45) is 17.2 Å². The molecule has 0 saturated carbocycles. The third-order valence-corrected chi connectivity index (χ3v) is 6.18. The van der Waals surface area contributed by atoms with Gasteiger partial charge in [-0.1, -0.05) is 12.1 Å². The van der Waals surface area contributed by atoms with Crippen LogP contribution in [0.4, 0.5) is 0 Å². The lowest BCUT2D eigenvalue weighted by Gasteiger charge is -2.25. The van der Waals surface area contributed by atoms with Gasteiger partial charge in [-0.05, 0) is 46.5 Å². The minimum Gasteiger partial charge on any atom is -0.508 e. The number of aromatic hydroxyl groups is 2. The van der Waals surface area contributed by atoms with E-state index in [9.17, 15) is 29.7 Å². The number of phenols is 2. The SMILES string of the molecule is NCCNC(=O)[C@@H]1Cc2cc(ccc2O)-c2ccc(O)c(c2)C[C@H](N)C(=O)N[C@@H](C[C@@H](O)CN)C(=O)N1. The molecule has 0 aliphatic carbocycles. The van der Waals surface area contributed by atoms with Gasteiger partial charge in [0.15, 0.2) is 0 Å². The first kappa shape index (κ1) is 27.9. The molecule has 0 spiro atoms. The average molecular weight is 515 g/mol. The second kappa shape index (κ2) is 12.5. The first-order chi connectivity index (χ1) is 17.6. The number of aliphatic hydroxyl groups excluding tert-OH is 1. The summed E-state index contributed by atoms with van der Waals surface area (Å²) in [6.45, 7) is 0.178. The van der Waals surface area contributed by atoms with E-state index in [-0.39, 0.29) is 50.4 Å². The summed E-state index contributed by atoms with van der Waals surface area (Å²) >= 11 is 0. The lowest BCUT2D eigenvalue weighted by atomic mass is 9.95. The molecule has 4 atom stereocenters. The quantitative estimate of drug-likeness (QED) is 0.206. The summed E-state index contributed by atoms with van der Waals surface area (Å²) in [5.74, 6) is -2.11. The van der Waals surface area contributed by atoms with Crippen LogP contribution in [-0.2, 0) is 27.2 Å². The molecule has 3 amide bonds. The fourth-order valence-electron chi connectivity index (χ4n) is 4.09. The van der Waals surface area contributed by atoms with Gasteiger partial charge in [0.25, 0.3) is 0 Å². The van der Waals surface area contributed by atoms with E-state index in [0.29, 0.717) is 22.3 Å². The Bertz CT molecular complexity index is 1140. The maximum Gasteiger partial charge on any atom is 0.243 e. The molecule has 200 valence electrons. The summed E-state index contributed by atoms with van der Waals surface area (Å²) in [4.78, 5) is 39.1. The number of fused-ring (bicyclic) bond motifs is 5. The van der Waals surface area contributed by atoms with Gasteiger partial charge in [0.05, 0.1) is 12.1 Å². The number of amides is 3. The van der Waals surface area contributed by atoms with Crippen LogP contribution in [0.15, 0.2) is 36.4 Å². The topological polar surface area (TPSA) is 226 Å². The van der Waals surface area contributed by atoms with E-state index in [1.54, 1.807) is 24.3 Å². The van der Waals surface area contributed by atoms with E-state index in [4.69, 9.17) is 17.2 Å². The molecule has 1 heterocycles. The number of nitrogens with one attached hydrogen (secondary N) is 3. The van der Waals surface area contributed by atoms with Crippen LogP contribution in [0.2, 0.25) is 0 Å². The Morgan fingerprint density at radius 3 is 2.14 bits per heavy atom. The van der Waals surface area contributed by atoms with E-state index in [1.807, 2.05) is 0 Å². The Labute approximate surface area is 214 Å². The smallest absolute Gasteiger partial charge is 0.243 e. The zero-order valence-electron chi connectivity index (χ0n) is 20.3. The number of phenolic OH excluding ortho intramolecular Hbond substituents is 2. The van der Waals surface area contributed by atoms with E-state index in [2.05, 4.69) is 16.0 Å². The predicted molar refractivity (Wildman–Crippen MR) is 136 cm³/mol. The lowest BCUT2D eigenvalue weighted by Crippen LogP contribution is -2.57. The van der Waals surface area contributed by atoms with Gasteiger partial charge in [-0.15, -0.1) is 0 Å². The second-order valence-electron chi connectivity index (χ2n) is 9.03. The van der Waals surface area contributed by atoms with E-state index < -0.39 is 42.0 Å². The van der Waals surface area contributed by atoms with Crippen molar-refractivity contribution in [1.29, 1.82) is 0 Å². The Morgan fingerprint density at radius 2 is 1.57 bits per heavy atom. The first-order valence-corrected chi connectivity index (χ1v) is 12.0. The molecule has 1 aliphatic rings. The molecule has 12 nitrogen and oxygen atoms in total. The Hall–Kier alpha value is -3.71. The van der Waals surface area contributed by atoms with Crippen molar-refractivity contribution in [3.63, 3.8) is 0 Å². The molecule has 1 aliphatic heterocycles. The van der Waals surface area contributed by atoms with E-state index >= 15 is 0 Å². The molecular weight excluding hydrogens is 480 g/mol. The van der Waals surface area contributed by atoms with Crippen LogP contribution in [0, 0.1) is 0 Å². The van der Waals surface area contributed by atoms with Crippen LogP contribution < -0.4 is 33.2 Å². The normalized spacial score (nSPS) is 21.1. The summed E-state index contributed by atoms with van der Waals surface area (Å²) < 4.78 is 0. The van der Waals surface area contributed by atoms with E-state index in [0.717, 1.165) is 0 Å². The summed E-state index contributed by atoms with van der Waals surface area (Å²) in [6, 6.07) is 6.15. The van der Waals surface area contributed by atoms with Crippen molar-refractivity contribution in [1.82, 2.24) is 16.0 Å². The number of hydrogen-bond acceptors (Lipinski definition) is 9. The van der Waals surface area contributed by atoms with Crippen LogP contribution >= 0.6 is 0 Å². The maximum absolute atomic E-state index is 13.2. The molecule has 12 heteroatoms. The molecule has 37 heavy (non-hydrogen) atoms. The largest absolute Gasteiger partial charge is 0.508 e. The van der Waals surface area contributed by atoms with Crippen LogP contribution in [0.25, 0.3) is 11.1 Å². The third-order valence-electron chi connectivity index (χ3n) is 6.18. The van der Waals surface area contributed by atoms with Crippen molar-refractivity contribution in [3.05, 3.63) is 47.5 Å². The number of benzene rings is 2. The molecule has 0 saturated heterocycles. The van der Waals surface area contributed by atoms with Gasteiger partial charge in [-0.25, -0.2) is 0 Å². The number of rotatable bonds is 6. The Morgan fingerprint density at radius 1 is 0.973 bits per heavy atom.